The van der Waals surface area contributed by atoms with Gasteiger partial charge in [-0.3, -0.25) is 0 Å². The van der Waals surface area contributed by atoms with Gasteiger partial charge in [0, 0.05) is 12.1 Å². The second kappa shape index (κ2) is 6.90. The maximum Gasteiger partial charge on any atom is 0.118 e. The van der Waals surface area contributed by atoms with Crippen LogP contribution in [0, 0.1) is 0 Å². The Morgan fingerprint density at radius 3 is 2.37 bits per heavy atom. The first kappa shape index (κ1) is 13.6. The summed E-state index contributed by atoms with van der Waals surface area (Å²) >= 11 is 5.34. The van der Waals surface area contributed by atoms with E-state index in [9.17, 15) is 0 Å². The van der Waals surface area contributed by atoms with Gasteiger partial charge >= 0.3 is 0 Å². The Balaban J connectivity index is 1.81. The van der Waals surface area contributed by atoms with Gasteiger partial charge in [0.1, 0.15) is 10.7 Å². The molecule has 3 heteroatoms. The van der Waals surface area contributed by atoms with E-state index in [1.807, 2.05) is 42.5 Å². The van der Waals surface area contributed by atoms with Crippen LogP contribution in [-0.2, 0) is 6.42 Å². The summed E-state index contributed by atoms with van der Waals surface area (Å²) in [4.78, 5) is 0.800. The molecule has 0 unspecified atom stereocenters. The summed E-state index contributed by atoms with van der Waals surface area (Å²) in [6.07, 6.45) is 0.941. The monoisotopic (exact) mass is 271 g/mol. The number of benzene rings is 2. The van der Waals surface area contributed by atoms with E-state index >= 15 is 0 Å². The van der Waals surface area contributed by atoms with Gasteiger partial charge in [-0.15, -0.1) is 0 Å². The molecule has 0 aromatic heterocycles. The molecule has 1 N–H and O–H groups in total. The van der Waals surface area contributed by atoms with Crippen LogP contribution < -0.4 is 10.1 Å². The van der Waals surface area contributed by atoms with Crippen molar-refractivity contribution in [1.29, 1.82) is 0 Å². The lowest BCUT2D eigenvalue weighted by Crippen LogP contribution is -2.24. The maximum absolute atomic E-state index is 5.34. The van der Waals surface area contributed by atoms with Gasteiger partial charge < -0.3 is 10.1 Å². The summed E-state index contributed by atoms with van der Waals surface area (Å²) in [5, 5.41) is 3.28. The zero-order valence-corrected chi connectivity index (χ0v) is 11.7. The minimum atomic E-state index is 0.800. The number of nitrogens with one attached hydrogen (secondary N) is 1. The zero-order valence-electron chi connectivity index (χ0n) is 10.9. The number of hydrogen-bond acceptors (Lipinski definition) is 2. The molecular weight excluding hydrogens is 254 g/mol. The Labute approximate surface area is 119 Å². The molecule has 0 amide bonds. The summed E-state index contributed by atoms with van der Waals surface area (Å²) in [6, 6.07) is 18.1. The fourth-order valence-corrected chi connectivity index (χ4v) is 2.04. The van der Waals surface area contributed by atoms with Crippen molar-refractivity contribution in [2.75, 3.05) is 13.7 Å². The zero-order chi connectivity index (χ0) is 13.5. The van der Waals surface area contributed by atoms with E-state index < -0.39 is 0 Å². The van der Waals surface area contributed by atoms with Gasteiger partial charge in [-0.2, -0.15) is 0 Å². The van der Waals surface area contributed by atoms with Gasteiger partial charge in [-0.25, -0.2) is 0 Å². The first-order valence-corrected chi connectivity index (χ1v) is 6.66. The third-order valence-electron chi connectivity index (χ3n) is 2.89. The highest BCUT2D eigenvalue weighted by molar-refractivity contribution is 7.80. The van der Waals surface area contributed by atoms with Crippen LogP contribution in [0.4, 0.5) is 0 Å². The molecule has 0 spiro atoms. The smallest absolute Gasteiger partial charge is 0.118 e. The van der Waals surface area contributed by atoms with Crippen molar-refractivity contribution in [2.24, 2.45) is 0 Å². The highest BCUT2D eigenvalue weighted by atomic mass is 32.1. The van der Waals surface area contributed by atoms with Gasteiger partial charge in [-0.1, -0.05) is 54.7 Å². The molecule has 0 aliphatic carbocycles. The third kappa shape index (κ3) is 4.07. The van der Waals surface area contributed by atoms with E-state index in [0.717, 1.165) is 29.3 Å². The third-order valence-corrected chi connectivity index (χ3v) is 3.27. The van der Waals surface area contributed by atoms with Crippen LogP contribution in [0.15, 0.2) is 54.6 Å². The minimum absolute atomic E-state index is 0.800. The van der Waals surface area contributed by atoms with Gasteiger partial charge in [0.15, 0.2) is 0 Å². The normalized spacial score (nSPS) is 9.95. The topological polar surface area (TPSA) is 21.3 Å². The van der Waals surface area contributed by atoms with Crippen molar-refractivity contribution in [1.82, 2.24) is 5.32 Å². The Kier molecular flexibility index (Phi) is 4.93. The average molecular weight is 271 g/mol. The molecule has 2 rings (SSSR count). The average Bonchev–Trinajstić information content (AvgIpc) is 2.49. The first-order chi connectivity index (χ1) is 9.29. The molecule has 0 saturated carbocycles. The minimum Gasteiger partial charge on any atom is -0.497 e. The summed E-state index contributed by atoms with van der Waals surface area (Å²) in [6.45, 7) is 0.833. The largest absolute Gasteiger partial charge is 0.497 e. The lowest BCUT2D eigenvalue weighted by Gasteiger charge is -2.08. The van der Waals surface area contributed by atoms with Gasteiger partial charge in [0.2, 0.25) is 0 Å². The standard InChI is InChI=1S/C16H17NOS/c1-18-15-9-7-13(8-10-15)11-12-17-16(19)14-5-3-2-4-6-14/h2-10H,11-12H2,1H3,(H,17,19). The van der Waals surface area contributed by atoms with Crippen molar-refractivity contribution in [3.63, 3.8) is 0 Å². The molecule has 0 aliphatic rings. The van der Waals surface area contributed by atoms with Crippen LogP contribution in [0.5, 0.6) is 5.75 Å². The molecule has 0 fully saturated rings. The van der Waals surface area contributed by atoms with Crippen LogP contribution >= 0.6 is 12.2 Å². The molecule has 0 aliphatic heterocycles. The van der Waals surface area contributed by atoms with Crippen LogP contribution in [0.2, 0.25) is 0 Å². The second-order valence-corrected chi connectivity index (χ2v) is 4.63. The predicted octanol–water partition coefficient (Wildman–Crippen LogP) is 3.20. The summed E-state index contributed by atoms with van der Waals surface area (Å²) < 4.78 is 5.13. The number of thiocarbonyl (C=S) groups is 1. The first-order valence-electron chi connectivity index (χ1n) is 6.26. The van der Waals surface area contributed by atoms with Crippen molar-refractivity contribution in [3.05, 3.63) is 65.7 Å². The van der Waals surface area contributed by atoms with E-state index in [4.69, 9.17) is 17.0 Å². The Morgan fingerprint density at radius 2 is 1.74 bits per heavy atom. The molecule has 0 bridgehead atoms. The number of hydrogen-bond donors (Lipinski definition) is 1. The number of ether oxygens (including phenoxy) is 1. The summed E-state index contributed by atoms with van der Waals surface area (Å²) in [5.74, 6) is 0.886. The van der Waals surface area contributed by atoms with Crippen molar-refractivity contribution in [3.8, 4) is 5.75 Å². The van der Waals surface area contributed by atoms with Crippen molar-refractivity contribution < 1.29 is 4.74 Å². The quantitative estimate of drug-likeness (QED) is 0.844. The van der Waals surface area contributed by atoms with Crippen molar-refractivity contribution in [2.45, 2.75) is 6.42 Å². The van der Waals surface area contributed by atoms with Crippen LogP contribution in [0.25, 0.3) is 0 Å². The summed E-state index contributed by atoms with van der Waals surface area (Å²) in [7, 11) is 1.68. The molecule has 0 heterocycles. The van der Waals surface area contributed by atoms with Crippen LogP contribution in [-0.4, -0.2) is 18.6 Å². The fourth-order valence-electron chi connectivity index (χ4n) is 1.80. The van der Waals surface area contributed by atoms with Crippen LogP contribution in [0.3, 0.4) is 0 Å². The molecule has 2 aromatic rings. The predicted molar refractivity (Wildman–Crippen MR) is 82.8 cm³/mol. The Morgan fingerprint density at radius 1 is 1.05 bits per heavy atom. The molecule has 2 aromatic carbocycles. The molecule has 0 saturated heterocycles. The Hall–Kier alpha value is -1.87. The van der Waals surface area contributed by atoms with Gasteiger partial charge in [0.25, 0.3) is 0 Å². The Bertz CT molecular complexity index is 522. The lowest BCUT2D eigenvalue weighted by atomic mass is 10.1. The lowest BCUT2D eigenvalue weighted by molar-refractivity contribution is 0.414. The number of rotatable bonds is 5. The maximum atomic E-state index is 5.34. The molecule has 98 valence electrons. The molecular formula is C16H17NOS. The van der Waals surface area contributed by atoms with E-state index in [0.29, 0.717) is 0 Å². The van der Waals surface area contributed by atoms with E-state index in [1.165, 1.54) is 5.56 Å². The molecule has 19 heavy (non-hydrogen) atoms. The highest BCUT2D eigenvalue weighted by Crippen LogP contribution is 2.11. The molecule has 0 radical (unpaired) electrons. The van der Waals surface area contributed by atoms with E-state index in [2.05, 4.69) is 17.4 Å². The fraction of sp³-hybridized carbons (Fsp3) is 0.188. The van der Waals surface area contributed by atoms with Gasteiger partial charge in [0.05, 0.1) is 7.11 Å². The second-order valence-electron chi connectivity index (χ2n) is 4.22. The summed E-state index contributed by atoms with van der Waals surface area (Å²) in [5.41, 5.74) is 2.33. The molecule has 2 nitrogen and oxygen atoms in total. The van der Waals surface area contributed by atoms with Gasteiger partial charge in [-0.05, 0) is 24.1 Å². The SMILES string of the molecule is COc1ccc(CCNC(=S)c2ccccc2)cc1. The highest BCUT2D eigenvalue weighted by Gasteiger charge is 1.99. The van der Waals surface area contributed by atoms with E-state index in [1.54, 1.807) is 7.11 Å². The van der Waals surface area contributed by atoms with Crippen LogP contribution in [0.1, 0.15) is 11.1 Å². The number of methoxy groups -OCH3 is 1. The van der Waals surface area contributed by atoms with E-state index in [-0.39, 0.29) is 0 Å². The molecule has 0 atom stereocenters. The van der Waals surface area contributed by atoms with Crippen molar-refractivity contribution >= 4 is 17.2 Å².